The van der Waals surface area contributed by atoms with Gasteiger partial charge >= 0.3 is 0 Å². The zero-order valence-electron chi connectivity index (χ0n) is 13.5. The fourth-order valence-electron chi connectivity index (χ4n) is 2.54. The number of nitrogens with one attached hydrogen (secondary N) is 1. The Kier molecular flexibility index (Phi) is 11.5. The molecular weight excluding hydrogens is 248 g/mol. The first kappa shape index (κ1) is 19.9. The highest BCUT2D eigenvalue weighted by Crippen LogP contribution is 2.14. The molecular formula is C17H38N2O. The third-order valence-corrected chi connectivity index (χ3v) is 3.69. The van der Waals surface area contributed by atoms with E-state index in [-0.39, 0.29) is 7.43 Å². The van der Waals surface area contributed by atoms with Gasteiger partial charge in [0.2, 0.25) is 0 Å². The summed E-state index contributed by atoms with van der Waals surface area (Å²) in [6, 6.07) is 0. The molecule has 3 nitrogen and oxygen atoms in total. The van der Waals surface area contributed by atoms with E-state index in [0.717, 1.165) is 51.2 Å². The second-order valence-electron chi connectivity index (χ2n) is 6.72. The lowest BCUT2D eigenvalue weighted by molar-refractivity contribution is -0.0327. The first-order valence-corrected chi connectivity index (χ1v) is 8.12. The van der Waals surface area contributed by atoms with Gasteiger partial charge in [0.25, 0.3) is 0 Å². The first-order chi connectivity index (χ1) is 9.08. The molecule has 1 atom stereocenters. The van der Waals surface area contributed by atoms with E-state index in [4.69, 9.17) is 4.74 Å². The van der Waals surface area contributed by atoms with Gasteiger partial charge in [-0.25, -0.2) is 0 Å². The second-order valence-corrected chi connectivity index (χ2v) is 6.72. The van der Waals surface area contributed by atoms with Crippen molar-refractivity contribution in [2.45, 2.75) is 60.5 Å². The topological polar surface area (TPSA) is 24.5 Å². The van der Waals surface area contributed by atoms with Crippen molar-refractivity contribution in [1.82, 2.24) is 10.2 Å². The van der Waals surface area contributed by atoms with Crippen molar-refractivity contribution < 1.29 is 4.74 Å². The molecule has 1 aliphatic rings. The Morgan fingerprint density at radius 3 is 2.60 bits per heavy atom. The number of morpholine rings is 1. The maximum Gasteiger partial charge on any atom is 0.0702 e. The Morgan fingerprint density at radius 1 is 1.20 bits per heavy atom. The Labute approximate surface area is 127 Å². The van der Waals surface area contributed by atoms with Crippen molar-refractivity contribution in [3.05, 3.63) is 0 Å². The van der Waals surface area contributed by atoms with Gasteiger partial charge in [-0.05, 0) is 24.8 Å². The minimum Gasteiger partial charge on any atom is -0.376 e. The highest BCUT2D eigenvalue weighted by Gasteiger charge is 2.19. The van der Waals surface area contributed by atoms with Crippen LogP contribution in [0.15, 0.2) is 0 Å². The highest BCUT2D eigenvalue weighted by atomic mass is 16.5. The molecule has 0 aromatic rings. The molecule has 1 rings (SSSR count). The zero-order chi connectivity index (χ0) is 14.1. The minimum absolute atomic E-state index is 0. The molecule has 1 saturated heterocycles. The third kappa shape index (κ3) is 9.73. The number of ether oxygens (including phenoxy) is 1. The zero-order valence-corrected chi connectivity index (χ0v) is 13.5. The molecule has 0 radical (unpaired) electrons. The monoisotopic (exact) mass is 286 g/mol. The van der Waals surface area contributed by atoms with Crippen molar-refractivity contribution in [1.29, 1.82) is 0 Å². The Morgan fingerprint density at radius 2 is 1.95 bits per heavy atom. The molecule has 1 N–H and O–H groups in total. The van der Waals surface area contributed by atoms with Crippen molar-refractivity contribution in [3.63, 3.8) is 0 Å². The van der Waals surface area contributed by atoms with Gasteiger partial charge in [-0.15, -0.1) is 0 Å². The first-order valence-electron chi connectivity index (χ1n) is 8.12. The minimum atomic E-state index is 0. The summed E-state index contributed by atoms with van der Waals surface area (Å²) >= 11 is 0. The average molecular weight is 287 g/mol. The van der Waals surface area contributed by atoms with Crippen LogP contribution in [0.5, 0.6) is 0 Å². The Balaban J connectivity index is 0.00000361. The van der Waals surface area contributed by atoms with E-state index in [2.05, 4.69) is 37.9 Å². The standard InChI is InChI=1S/C16H34N2O.CH4/c1-14(2)6-5-7-16-13-18(10-11-19-16)9-8-17-12-15(3)4;/h14-17H,5-13H2,1-4H3;1H4/t16-;/m0./s1. The van der Waals surface area contributed by atoms with Crippen molar-refractivity contribution in [2.75, 3.05) is 39.3 Å². The molecule has 0 aliphatic carbocycles. The van der Waals surface area contributed by atoms with Crippen LogP contribution in [0.2, 0.25) is 0 Å². The smallest absolute Gasteiger partial charge is 0.0702 e. The number of nitrogens with zero attached hydrogens (tertiary/aromatic N) is 1. The van der Waals surface area contributed by atoms with Crippen molar-refractivity contribution in [2.24, 2.45) is 11.8 Å². The van der Waals surface area contributed by atoms with E-state index in [1.807, 2.05) is 0 Å². The molecule has 0 unspecified atom stereocenters. The molecule has 0 bridgehead atoms. The predicted molar refractivity (Wildman–Crippen MR) is 89.3 cm³/mol. The van der Waals surface area contributed by atoms with Gasteiger partial charge in [0.15, 0.2) is 0 Å². The average Bonchev–Trinajstić information content (AvgIpc) is 2.34. The molecule has 1 heterocycles. The van der Waals surface area contributed by atoms with Crippen LogP contribution in [0.25, 0.3) is 0 Å². The summed E-state index contributed by atoms with van der Waals surface area (Å²) in [5, 5.41) is 3.52. The molecule has 3 heteroatoms. The van der Waals surface area contributed by atoms with Crippen molar-refractivity contribution in [3.8, 4) is 0 Å². The molecule has 0 aromatic heterocycles. The van der Waals surface area contributed by atoms with Gasteiger partial charge in [0.1, 0.15) is 0 Å². The number of rotatable bonds is 9. The van der Waals surface area contributed by atoms with Crippen molar-refractivity contribution >= 4 is 0 Å². The van der Waals surface area contributed by atoms with Gasteiger partial charge in [-0.3, -0.25) is 4.90 Å². The fourth-order valence-corrected chi connectivity index (χ4v) is 2.54. The SMILES string of the molecule is C.CC(C)CCC[C@H]1CN(CCNCC(C)C)CCO1. The predicted octanol–water partition coefficient (Wildman–Crippen LogP) is 3.40. The summed E-state index contributed by atoms with van der Waals surface area (Å²) in [5.74, 6) is 1.56. The van der Waals surface area contributed by atoms with Crippen LogP contribution in [0, 0.1) is 11.8 Å². The molecule has 1 fully saturated rings. The van der Waals surface area contributed by atoms with E-state index in [9.17, 15) is 0 Å². The van der Waals surface area contributed by atoms with Crippen LogP contribution < -0.4 is 5.32 Å². The van der Waals surface area contributed by atoms with Gasteiger partial charge in [0, 0.05) is 26.2 Å². The van der Waals surface area contributed by atoms with E-state index in [1.54, 1.807) is 0 Å². The van der Waals surface area contributed by atoms with Gasteiger partial charge < -0.3 is 10.1 Å². The van der Waals surface area contributed by atoms with Crippen LogP contribution in [0.4, 0.5) is 0 Å². The maximum atomic E-state index is 5.87. The lowest BCUT2D eigenvalue weighted by Gasteiger charge is -2.33. The lowest BCUT2D eigenvalue weighted by atomic mass is 10.0. The van der Waals surface area contributed by atoms with E-state index >= 15 is 0 Å². The summed E-state index contributed by atoms with van der Waals surface area (Å²) in [5.41, 5.74) is 0. The maximum absolute atomic E-state index is 5.87. The fraction of sp³-hybridized carbons (Fsp3) is 1.00. The molecule has 0 amide bonds. The normalized spacial score (nSPS) is 20.4. The van der Waals surface area contributed by atoms with Gasteiger partial charge in [-0.2, -0.15) is 0 Å². The summed E-state index contributed by atoms with van der Waals surface area (Å²) < 4.78 is 5.87. The molecule has 0 spiro atoms. The molecule has 1 aliphatic heterocycles. The van der Waals surface area contributed by atoms with Crippen LogP contribution in [0.3, 0.4) is 0 Å². The quantitative estimate of drug-likeness (QED) is 0.658. The third-order valence-electron chi connectivity index (χ3n) is 3.69. The number of hydrogen-bond acceptors (Lipinski definition) is 3. The molecule has 0 saturated carbocycles. The Bertz CT molecular complexity index is 219. The van der Waals surface area contributed by atoms with Gasteiger partial charge in [-0.1, -0.05) is 48.0 Å². The molecule has 20 heavy (non-hydrogen) atoms. The van der Waals surface area contributed by atoms with Crippen LogP contribution in [0.1, 0.15) is 54.4 Å². The Hall–Kier alpha value is -0.120. The summed E-state index contributed by atoms with van der Waals surface area (Å²) in [4.78, 5) is 2.55. The highest BCUT2D eigenvalue weighted by molar-refractivity contribution is 4.72. The van der Waals surface area contributed by atoms with Crippen LogP contribution in [-0.4, -0.2) is 50.3 Å². The van der Waals surface area contributed by atoms with E-state index in [1.165, 1.54) is 19.3 Å². The number of hydrogen-bond donors (Lipinski definition) is 1. The molecule has 0 aromatic carbocycles. The van der Waals surface area contributed by atoms with E-state index in [0.29, 0.717) is 6.10 Å². The summed E-state index contributed by atoms with van der Waals surface area (Å²) in [6.45, 7) is 15.7. The summed E-state index contributed by atoms with van der Waals surface area (Å²) in [7, 11) is 0. The van der Waals surface area contributed by atoms with E-state index < -0.39 is 0 Å². The lowest BCUT2D eigenvalue weighted by Crippen LogP contribution is -2.45. The van der Waals surface area contributed by atoms with Crippen LogP contribution >= 0.6 is 0 Å². The molecule has 122 valence electrons. The van der Waals surface area contributed by atoms with Crippen LogP contribution in [-0.2, 0) is 4.74 Å². The second kappa shape index (κ2) is 11.5. The largest absolute Gasteiger partial charge is 0.376 e. The summed E-state index contributed by atoms with van der Waals surface area (Å²) in [6.07, 6.45) is 4.34. The van der Waals surface area contributed by atoms with Gasteiger partial charge in [0.05, 0.1) is 12.7 Å².